The molecule has 1 N–H and O–H groups in total. The number of nitriles is 1. The van der Waals surface area contributed by atoms with E-state index in [0.29, 0.717) is 0 Å². The van der Waals surface area contributed by atoms with Gasteiger partial charge in [0.05, 0.1) is 0 Å². The number of aliphatic hydroxyl groups is 1. The third-order valence-corrected chi connectivity index (χ3v) is 1.80. The molecule has 0 heterocycles. The number of aliphatic hydroxyl groups excluding tert-OH is 1. The minimum atomic E-state index is -0.556. The third-order valence-electron chi connectivity index (χ3n) is 1.80. The smallest absolute Gasteiger partial charge is 0.174 e. The Morgan fingerprint density at radius 2 is 2.20 bits per heavy atom. The highest BCUT2D eigenvalue weighted by Gasteiger charge is 2.12. The molecule has 0 amide bonds. The number of hydrogen-bond acceptors (Lipinski definition) is 3. The van der Waals surface area contributed by atoms with E-state index in [0.717, 1.165) is 13.0 Å². The molecular weight excluding hydrogens is 197 g/mol. The quantitative estimate of drug-likeness (QED) is 0.457. The van der Waals surface area contributed by atoms with Crippen molar-refractivity contribution in [3.05, 3.63) is 41.2 Å². The molecule has 15 heavy (non-hydrogen) atoms. The molecule has 0 atom stereocenters. The summed E-state index contributed by atoms with van der Waals surface area (Å²) in [6.07, 6.45) is 0. The lowest BCUT2D eigenvalue weighted by molar-refractivity contribution is -0.113. The number of nitrogens with zero attached hydrogens (tertiary/aromatic N) is 1. The van der Waals surface area contributed by atoms with Gasteiger partial charge in [-0.1, -0.05) is 12.1 Å². The Balaban J connectivity index is 3.30. The van der Waals surface area contributed by atoms with Crippen LogP contribution < -0.4 is 0 Å². The fraction of sp³-hybridized carbons (Fsp3) is 0.0909. The van der Waals surface area contributed by atoms with Gasteiger partial charge in [0.2, 0.25) is 0 Å². The lowest BCUT2D eigenvalue weighted by atomic mass is 10.1. The number of ketones is 1. The lowest BCUT2D eigenvalue weighted by Crippen LogP contribution is -1.99. The molecule has 0 aromatic heterocycles. The van der Waals surface area contributed by atoms with Crippen molar-refractivity contribution < 1.29 is 14.3 Å². The van der Waals surface area contributed by atoms with Crippen LogP contribution in [0.5, 0.6) is 0 Å². The summed E-state index contributed by atoms with van der Waals surface area (Å²) >= 11 is 0. The number of allylic oxidation sites excluding steroid dienone is 1. The van der Waals surface area contributed by atoms with Crippen LogP contribution in [0.3, 0.4) is 0 Å². The number of benzene rings is 1. The first-order valence-corrected chi connectivity index (χ1v) is 4.16. The molecule has 0 aliphatic heterocycles. The highest BCUT2D eigenvalue weighted by molar-refractivity contribution is 6.03. The Bertz CT molecular complexity index is 472. The van der Waals surface area contributed by atoms with Gasteiger partial charge in [0, 0.05) is 12.5 Å². The molecule has 0 fully saturated rings. The van der Waals surface area contributed by atoms with Gasteiger partial charge < -0.3 is 5.11 Å². The maximum absolute atomic E-state index is 12.8. The van der Waals surface area contributed by atoms with E-state index in [2.05, 4.69) is 0 Å². The zero-order chi connectivity index (χ0) is 11.4. The van der Waals surface area contributed by atoms with E-state index >= 15 is 0 Å². The van der Waals surface area contributed by atoms with Gasteiger partial charge >= 0.3 is 0 Å². The highest BCUT2D eigenvalue weighted by atomic mass is 19.1. The summed E-state index contributed by atoms with van der Waals surface area (Å²) in [5.74, 6) is -1.59. The molecule has 1 aromatic rings. The third kappa shape index (κ3) is 2.41. The van der Waals surface area contributed by atoms with Crippen LogP contribution >= 0.6 is 0 Å². The van der Waals surface area contributed by atoms with E-state index in [1.165, 1.54) is 18.2 Å². The van der Waals surface area contributed by atoms with Gasteiger partial charge in [-0.25, -0.2) is 4.39 Å². The molecule has 0 aliphatic rings. The van der Waals surface area contributed by atoms with Crippen molar-refractivity contribution in [3.63, 3.8) is 0 Å². The van der Waals surface area contributed by atoms with Crippen molar-refractivity contribution in [2.24, 2.45) is 0 Å². The summed E-state index contributed by atoms with van der Waals surface area (Å²) < 4.78 is 12.8. The monoisotopic (exact) mass is 205 g/mol. The molecular formula is C11H8FNO2. The van der Waals surface area contributed by atoms with Gasteiger partial charge in [0.15, 0.2) is 5.78 Å². The van der Waals surface area contributed by atoms with Gasteiger partial charge in [-0.2, -0.15) is 5.26 Å². The summed E-state index contributed by atoms with van der Waals surface area (Å²) in [4.78, 5) is 10.9. The maximum Gasteiger partial charge on any atom is 0.174 e. The number of hydrogen-bond donors (Lipinski definition) is 1. The first-order valence-electron chi connectivity index (χ1n) is 4.16. The second-order valence-electron chi connectivity index (χ2n) is 2.90. The van der Waals surface area contributed by atoms with Gasteiger partial charge in [-0.3, -0.25) is 4.79 Å². The number of rotatable bonds is 2. The van der Waals surface area contributed by atoms with Crippen LogP contribution in [0.2, 0.25) is 0 Å². The number of carbonyl (C=O) groups excluding carboxylic acids is 1. The second-order valence-corrected chi connectivity index (χ2v) is 2.90. The molecule has 0 saturated heterocycles. The lowest BCUT2D eigenvalue weighted by Gasteiger charge is -2.01. The summed E-state index contributed by atoms with van der Waals surface area (Å²) in [5.41, 5.74) is -0.262. The van der Waals surface area contributed by atoms with E-state index in [4.69, 9.17) is 5.26 Å². The summed E-state index contributed by atoms with van der Waals surface area (Å²) in [6.45, 7) is 1.16. The molecule has 0 spiro atoms. The van der Waals surface area contributed by atoms with Crippen LogP contribution in [0.4, 0.5) is 4.39 Å². The summed E-state index contributed by atoms with van der Waals surface area (Å²) in [6, 6.07) is 6.63. The van der Waals surface area contributed by atoms with Crippen molar-refractivity contribution in [1.82, 2.24) is 0 Å². The Morgan fingerprint density at radius 3 is 2.67 bits per heavy atom. The first kappa shape index (κ1) is 10.9. The van der Waals surface area contributed by atoms with Crippen LogP contribution in [0, 0.1) is 17.1 Å². The number of Topliss-reactive ketones (excluding diaryl/α,β-unsaturated/α-hetero) is 1. The molecule has 1 rings (SSSR count). The summed E-state index contributed by atoms with van der Waals surface area (Å²) in [7, 11) is 0. The van der Waals surface area contributed by atoms with Gasteiger partial charge in [0.25, 0.3) is 0 Å². The maximum atomic E-state index is 12.8. The standard InChI is InChI=1S/C11H8FNO2/c1-7(14)10(6-13)11(15)8-3-2-4-9(12)5-8/h2-5,15H,1H3/b11-10-. The van der Waals surface area contributed by atoms with Crippen molar-refractivity contribution in [2.75, 3.05) is 0 Å². The van der Waals surface area contributed by atoms with E-state index in [9.17, 15) is 14.3 Å². The first-order chi connectivity index (χ1) is 7.06. The topological polar surface area (TPSA) is 61.1 Å². The Kier molecular flexibility index (Phi) is 3.19. The van der Waals surface area contributed by atoms with Crippen LogP contribution in [-0.2, 0) is 4.79 Å². The molecule has 3 nitrogen and oxygen atoms in total. The minimum Gasteiger partial charge on any atom is -0.506 e. The SMILES string of the molecule is CC(=O)/C(C#N)=C(\O)c1cccc(F)c1. The van der Waals surface area contributed by atoms with Crippen LogP contribution in [-0.4, -0.2) is 10.9 Å². The fourth-order valence-electron chi connectivity index (χ4n) is 1.08. The van der Waals surface area contributed by atoms with Crippen LogP contribution in [0.1, 0.15) is 12.5 Å². The second kappa shape index (κ2) is 4.38. The van der Waals surface area contributed by atoms with E-state index in [1.54, 1.807) is 6.07 Å². The minimum absolute atomic E-state index is 0.113. The van der Waals surface area contributed by atoms with E-state index in [1.807, 2.05) is 0 Å². The molecule has 0 saturated carbocycles. The molecule has 0 bridgehead atoms. The van der Waals surface area contributed by atoms with Crippen molar-refractivity contribution in [3.8, 4) is 6.07 Å². The number of halogens is 1. The van der Waals surface area contributed by atoms with Gasteiger partial charge in [-0.05, 0) is 12.1 Å². The zero-order valence-electron chi connectivity index (χ0n) is 7.99. The van der Waals surface area contributed by atoms with Crippen molar-refractivity contribution in [1.29, 1.82) is 5.26 Å². The number of carbonyl (C=O) groups is 1. The molecule has 0 unspecified atom stereocenters. The van der Waals surface area contributed by atoms with Crippen LogP contribution in [0.15, 0.2) is 29.8 Å². The molecule has 0 radical (unpaired) electrons. The fourth-order valence-corrected chi connectivity index (χ4v) is 1.08. The molecule has 4 heteroatoms. The van der Waals surface area contributed by atoms with Gasteiger partial charge in [-0.15, -0.1) is 0 Å². The van der Waals surface area contributed by atoms with Gasteiger partial charge in [0.1, 0.15) is 23.2 Å². The van der Waals surface area contributed by atoms with Crippen LogP contribution in [0.25, 0.3) is 5.76 Å². The highest BCUT2D eigenvalue weighted by Crippen LogP contribution is 2.17. The Labute approximate surface area is 86.1 Å². The molecule has 76 valence electrons. The molecule has 1 aromatic carbocycles. The van der Waals surface area contributed by atoms with Crippen molar-refractivity contribution in [2.45, 2.75) is 6.92 Å². The average molecular weight is 205 g/mol. The average Bonchev–Trinajstić information content (AvgIpc) is 2.18. The summed E-state index contributed by atoms with van der Waals surface area (Å²) in [5, 5.41) is 18.2. The van der Waals surface area contributed by atoms with E-state index < -0.39 is 17.4 Å². The molecule has 0 aliphatic carbocycles. The Hall–Kier alpha value is -2.15. The Morgan fingerprint density at radius 1 is 1.53 bits per heavy atom. The predicted molar refractivity (Wildman–Crippen MR) is 52.2 cm³/mol. The van der Waals surface area contributed by atoms with E-state index in [-0.39, 0.29) is 11.1 Å². The zero-order valence-corrected chi connectivity index (χ0v) is 7.99. The predicted octanol–water partition coefficient (Wildman–Crippen LogP) is 2.21. The van der Waals surface area contributed by atoms with Crippen molar-refractivity contribution >= 4 is 11.5 Å². The largest absolute Gasteiger partial charge is 0.506 e. The normalized spacial score (nSPS) is 11.5.